The van der Waals surface area contributed by atoms with E-state index >= 15 is 0 Å². The minimum Gasteiger partial charge on any atom is -0.478 e. The number of nitrogens with zero attached hydrogens (tertiary/aromatic N) is 3. The van der Waals surface area contributed by atoms with Gasteiger partial charge in [-0.05, 0) is 22.0 Å². The number of aliphatic carboxylic acids is 2. The Labute approximate surface area is 146 Å². The lowest BCUT2D eigenvalue weighted by molar-refractivity contribution is -0.134. The van der Waals surface area contributed by atoms with E-state index in [1.807, 2.05) is 12.3 Å². The first-order chi connectivity index (χ1) is 11.4. The Bertz CT molecular complexity index is 700. The molecule has 0 saturated carbocycles. The average Bonchev–Trinajstić information content (AvgIpc) is 2.88. The van der Waals surface area contributed by atoms with E-state index in [4.69, 9.17) is 15.5 Å². The molecule has 8 nitrogen and oxygen atoms in total. The van der Waals surface area contributed by atoms with Gasteiger partial charge in [0.05, 0.1) is 17.4 Å². The number of carbonyl (C=O) groups is 2. The SMILES string of the molecule is N#Cc1cc(N2C[C@H]3CNC[C@H]32)cnc1Br.O=C(O)/C=C/C(=O)O. The van der Waals surface area contributed by atoms with E-state index in [9.17, 15) is 9.59 Å². The lowest BCUT2D eigenvalue weighted by atomic mass is 9.91. The van der Waals surface area contributed by atoms with Crippen LogP contribution in [0, 0.1) is 17.2 Å². The minimum atomic E-state index is -1.26. The molecule has 3 heterocycles. The summed E-state index contributed by atoms with van der Waals surface area (Å²) in [7, 11) is 0. The molecule has 24 heavy (non-hydrogen) atoms. The quantitative estimate of drug-likeness (QED) is 0.508. The fraction of sp³-hybridized carbons (Fsp3) is 0.333. The number of aromatic nitrogens is 1. The van der Waals surface area contributed by atoms with E-state index in [1.165, 1.54) is 0 Å². The Balaban J connectivity index is 0.000000224. The van der Waals surface area contributed by atoms with Crippen molar-refractivity contribution in [3.8, 4) is 6.07 Å². The van der Waals surface area contributed by atoms with Gasteiger partial charge in [0, 0.05) is 43.7 Å². The first-order valence-electron chi connectivity index (χ1n) is 7.09. The van der Waals surface area contributed by atoms with Gasteiger partial charge in [0.25, 0.3) is 0 Å². The molecule has 126 valence electrons. The number of hydrogen-bond acceptors (Lipinski definition) is 6. The van der Waals surface area contributed by atoms with Crippen LogP contribution in [0.4, 0.5) is 5.69 Å². The van der Waals surface area contributed by atoms with Crippen molar-refractivity contribution in [2.24, 2.45) is 5.92 Å². The Kier molecular flexibility index (Phi) is 5.89. The van der Waals surface area contributed by atoms with Crippen LogP contribution < -0.4 is 10.2 Å². The van der Waals surface area contributed by atoms with Crippen LogP contribution in [-0.2, 0) is 9.59 Å². The zero-order chi connectivity index (χ0) is 17.7. The molecule has 1 aromatic rings. The maximum Gasteiger partial charge on any atom is 0.328 e. The molecule has 9 heteroatoms. The third-order valence-corrected chi connectivity index (χ3v) is 4.41. The van der Waals surface area contributed by atoms with Gasteiger partial charge in [-0.1, -0.05) is 0 Å². The molecule has 2 atom stereocenters. The third-order valence-electron chi connectivity index (χ3n) is 3.78. The van der Waals surface area contributed by atoms with Crippen molar-refractivity contribution >= 4 is 33.6 Å². The molecule has 0 aliphatic carbocycles. The fourth-order valence-electron chi connectivity index (χ4n) is 2.63. The predicted octanol–water partition coefficient (Wildman–Crippen LogP) is 0.836. The molecule has 0 spiro atoms. The van der Waals surface area contributed by atoms with Gasteiger partial charge in [-0.2, -0.15) is 5.26 Å². The van der Waals surface area contributed by atoms with E-state index in [1.54, 1.807) is 0 Å². The number of nitriles is 1. The van der Waals surface area contributed by atoms with Crippen LogP contribution >= 0.6 is 15.9 Å². The maximum absolute atomic E-state index is 9.55. The zero-order valence-electron chi connectivity index (χ0n) is 12.5. The Morgan fingerprint density at radius 1 is 1.38 bits per heavy atom. The number of nitrogens with one attached hydrogen (secondary N) is 1. The topological polar surface area (TPSA) is 127 Å². The summed E-state index contributed by atoms with van der Waals surface area (Å²) < 4.78 is 0.625. The van der Waals surface area contributed by atoms with Gasteiger partial charge >= 0.3 is 11.9 Å². The fourth-order valence-corrected chi connectivity index (χ4v) is 2.94. The van der Waals surface area contributed by atoms with E-state index in [0.29, 0.717) is 28.4 Å². The summed E-state index contributed by atoms with van der Waals surface area (Å²) in [6.45, 7) is 3.24. The van der Waals surface area contributed by atoms with Crippen molar-refractivity contribution < 1.29 is 19.8 Å². The van der Waals surface area contributed by atoms with Crippen LogP contribution in [0.5, 0.6) is 0 Å². The highest BCUT2D eigenvalue weighted by molar-refractivity contribution is 9.10. The highest BCUT2D eigenvalue weighted by atomic mass is 79.9. The predicted molar refractivity (Wildman–Crippen MR) is 88.6 cm³/mol. The summed E-state index contributed by atoms with van der Waals surface area (Å²) >= 11 is 3.27. The number of carboxylic acid groups (broad SMARTS) is 2. The second-order valence-corrected chi connectivity index (χ2v) is 6.04. The van der Waals surface area contributed by atoms with Gasteiger partial charge in [0.15, 0.2) is 0 Å². The molecular formula is C15H15BrN4O4. The monoisotopic (exact) mass is 394 g/mol. The second-order valence-electron chi connectivity index (χ2n) is 5.29. The standard InChI is InChI=1S/C11H11BrN4.C4H4O4/c12-11-7(2-13)1-9(4-15-11)16-6-8-3-14-5-10(8)16;5-3(6)1-2-4(7)8/h1,4,8,10,14H,3,5-6H2;1-2H,(H,5,6)(H,7,8)/b;2-1+/t8-,10-;/m1./s1. The molecule has 0 bridgehead atoms. The van der Waals surface area contributed by atoms with E-state index < -0.39 is 11.9 Å². The van der Waals surface area contributed by atoms with Crippen LogP contribution in [0.15, 0.2) is 29.0 Å². The first-order valence-corrected chi connectivity index (χ1v) is 7.88. The van der Waals surface area contributed by atoms with Crippen molar-refractivity contribution in [2.75, 3.05) is 24.5 Å². The number of hydrogen-bond donors (Lipinski definition) is 3. The number of rotatable bonds is 3. The molecule has 2 aliphatic rings. The summed E-state index contributed by atoms with van der Waals surface area (Å²) in [6.07, 6.45) is 2.95. The normalized spacial score (nSPS) is 21.2. The molecule has 2 saturated heterocycles. The van der Waals surface area contributed by atoms with Crippen molar-refractivity contribution in [3.05, 3.63) is 34.6 Å². The van der Waals surface area contributed by atoms with Crippen molar-refractivity contribution in [2.45, 2.75) is 6.04 Å². The molecule has 0 radical (unpaired) electrons. The molecule has 3 rings (SSSR count). The number of fused-ring (bicyclic) bond motifs is 1. The second kappa shape index (κ2) is 7.90. The average molecular weight is 395 g/mol. The number of halogens is 1. The van der Waals surface area contributed by atoms with Crippen molar-refractivity contribution in [1.82, 2.24) is 10.3 Å². The Hall–Kier alpha value is -2.44. The Morgan fingerprint density at radius 2 is 2.04 bits per heavy atom. The number of carboxylic acids is 2. The van der Waals surface area contributed by atoms with Gasteiger partial charge in [0.1, 0.15) is 10.7 Å². The number of pyridine rings is 1. The molecule has 1 aromatic heterocycles. The van der Waals surface area contributed by atoms with Gasteiger partial charge in [0.2, 0.25) is 0 Å². The lowest BCUT2D eigenvalue weighted by Crippen LogP contribution is -2.55. The summed E-state index contributed by atoms with van der Waals surface area (Å²) in [5.74, 6) is -1.74. The van der Waals surface area contributed by atoms with Crippen LogP contribution in [0.1, 0.15) is 5.56 Å². The van der Waals surface area contributed by atoms with Gasteiger partial charge in [-0.3, -0.25) is 0 Å². The highest BCUT2D eigenvalue weighted by Crippen LogP contribution is 2.33. The largest absolute Gasteiger partial charge is 0.478 e. The first kappa shape index (κ1) is 17.9. The van der Waals surface area contributed by atoms with E-state index in [0.717, 1.165) is 31.2 Å². The van der Waals surface area contributed by atoms with Crippen molar-refractivity contribution in [3.63, 3.8) is 0 Å². The molecule has 3 N–H and O–H groups in total. The minimum absolute atomic E-state index is 0.558. The third kappa shape index (κ3) is 4.31. The van der Waals surface area contributed by atoms with Crippen LogP contribution in [0.3, 0.4) is 0 Å². The molecule has 0 unspecified atom stereocenters. The summed E-state index contributed by atoms with van der Waals surface area (Å²) in [6, 6.07) is 4.65. The number of anilines is 1. The van der Waals surface area contributed by atoms with Gasteiger partial charge in [-0.15, -0.1) is 0 Å². The van der Waals surface area contributed by atoms with Gasteiger partial charge in [-0.25, -0.2) is 14.6 Å². The molecular weight excluding hydrogens is 380 g/mol. The van der Waals surface area contributed by atoms with E-state index in [2.05, 4.69) is 37.2 Å². The summed E-state index contributed by atoms with van der Waals surface area (Å²) in [5.41, 5.74) is 1.66. The van der Waals surface area contributed by atoms with Gasteiger partial charge < -0.3 is 20.4 Å². The van der Waals surface area contributed by atoms with E-state index in [-0.39, 0.29) is 0 Å². The highest BCUT2D eigenvalue weighted by Gasteiger charge is 2.42. The lowest BCUT2D eigenvalue weighted by Gasteiger charge is -2.45. The van der Waals surface area contributed by atoms with Crippen LogP contribution in [0.25, 0.3) is 0 Å². The zero-order valence-corrected chi connectivity index (χ0v) is 14.1. The molecule has 2 fully saturated rings. The molecule has 0 aromatic carbocycles. The molecule has 0 amide bonds. The maximum atomic E-state index is 9.55. The molecule has 2 aliphatic heterocycles. The summed E-state index contributed by atoms with van der Waals surface area (Å²) in [5, 5.41) is 28.0. The van der Waals surface area contributed by atoms with Crippen LogP contribution in [-0.4, -0.2) is 52.8 Å². The van der Waals surface area contributed by atoms with Crippen molar-refractivity contribution in [1.29, 1.82) is 5.26 Å². The van der Waals surface area contributed by atoms with Crippen LogP contribution in [0.2, 0.25) is 0 Å². The smallest absolute Gasteiger partial charge is 0.328 e. The Morgan fingerprint density at radius 3 is 2.58 bits per heavy atom. The summed E-state index contributed by atoms with van der Waals surface area (Å²) in [4.78, 5) is 25.6.